The van der Waals surface area contributed by atoms with Gasteiger partial charge in [-0.25, -0.2) is 4.79 Å². The average Bonchev–Trinajstić information content (AvgIpc) is 3.29. The molecule has 2 atom stereocenters. The molecule has 1 aliphatic heterocycles. The summed E-state index contributed by atoms with van der Waals surface area (Å²) in [6.45, 7) is 1.63. The van der Waals surface area contributed by atoms with Crippen molar-refractivity contribution >= 4 is 53.2 Å². The quantitative estimate of drug-likeness (QED) is 0.0682. The second-order valence-electron chi connectivity index (χ2n) is 10.2. The normalized spacial score (nSPS) is 13.5. The van der Waals surface area contributed by atoms with Gasteiger partial charge < -0.3 is 36.8 Å². The Hall–Kier alpha value is -5.28. The van der Waals surface area contributed by atoms with Gasteiger partial charge in [0.15, 0.2) is 0 Å². The SMILES string of the molecule is CC(=O)OCc1ccc(NC(=O)[C@H](CCCNC(N)=O)NC(=O)[C@H](CC(=O)O)NC(=O)CCCCCN2C(=O)C=CC2=O)cc1. The Morgan fingerprint density at radius 2 is 1.56 bits per heavy atom. The second kappa shape index (κ2) is 18.4. The zero-order valence-corrected chi connectivity index (χ0v) is 24.8. The number of aliphatic carboxylic acids is 1. The van der Waals surface area contributed by atoms with Crippen LogP contribution in [0.25, 0.3) is 0 Å². The number of benzene rings is 1. The number of nitrogens with one attached hydrogen (secondary N) is 4. The number of carboxylic acids is 1. The number of rotatable bonds is 19. The predicted molar refractivity (Wildman–Crippen MR) is 158 cm³/mol. The van der Waals surface area contributed by atoms with E-state index in [1.165, 1.54) is 19.1 Å². The molecule has 0 aliphatic carbocycles. The molecule has 0 saturated heterocycles. The molecule has 1 aliphatic rings. The Kier molecular flexibility index (Phi) is 14.7. The summed E-state index contributed by atoms with van der Waals surface area (Å²) in [5.41, 5.74) is 6.11. The maximum atomic E-state index is 13.1. The summed E-state index contributed by atoms with van der Waals surface area (Å²) in [7, 11) is 0. The second-order valence-corrected chi connectivity index (χ2v) is 10.2. The molecule has 7 N–H and O–H groups in total. The molecule has 0 radical (unpaired) electrons. The number of esters is 1. The third-order valence-corrected chi connectivity index (χ3v) is 6.48. The number of nitrogens with two attached hydrogens (primary N) is 1. The highest BCUT2D eigenvalue weighted by Gasteiger charge is 2.28. The van der Waals surface area contributed by atoms with Crippen LogP contribution in [0.3, 0.4) is 0 Å². The van der Waals surface area contributed by atoms with Crippen molar-refractivity contribution in [3.05, 3.63) is 42.0 Å². The van der Waals surface area contributed by atoms with E-state index in [0.29, 0.717) is 30.5 Å². The third kappa shape index (κ3) is 13.7. The van der Waals surface area contributed by atoms with Crippen LogP contribution in [0, 0.1) is 0 Å². The van der Waals surface area contributed by atoms with Crippen molar-refractivity contribution < 1.29 is 48.2 Å². The van der Waals surface area contributed by atoms with E-state index in [1.807, 2.05) is 0 Å². The van der Waals surface area contributed by atoms with Gasteiger partial charge in [-0.2, -0.15) is 0 Å². The Bertz CT molecular complexity index is 1280. The summed E-state index contributed by atoms with van der Waals surface area (Å²) in [6, 6.07) is 2.96. The van der Waals surface area contributed by atoms with E-state index in [2.05, 4.69) is 21.3 Å². The third-order valence-electron chi connectivity index (χ3n) is 6.48. The molecular weight excluding hydrogens is 592 g/mol. The molecule has 1 aromatic rings. The fraction of sp³-hybridized carbons (Fsp3) is 0.448. The van der Waals surface area contributed by atoms with Gasteiger partial charge in [0.1, 0.15) is 18.7 Å². The molecule has 244 valence electrons. The van der Waals surface area contributed by atoms with Crippen LogP contribution in [0.2, 0.25) is 0 Å². The minimum atomic E-state index is -1.49. The van der Waals surface area contributed by atoms with E-state index in [9.17, 15) is 43.5 Å². The van der Waals surface area contributed by atoms with E-state index in [4.69, 9.17) is 10.5 Å². The van der Waals surface area contributed by atoms with Gasteiger partial charge in [0.2, 0.25) is 17.7 Å². The fourth-order valence-electron chi connectivity index (χ4n) is 4.19. The van der Waals surface area contributed by atoms with Crippen molar-refractivity contribution in [2.75, 3.05) is 18.4 Å². The standard InChI is InChI=1S/C29H38N6O10/c1-18(36)45-17-19-8-10-20(11-9-19)32-27(42)21(6-5-14-31-29(30)44)34-28(43)22(16-26(40)41)33-23(37)7-3-2-4-15-35-24(38)12-13-25(35)39/h8-13,21-22H,2-7,14-17H2,1H3,(H,32,42)(H,33,37)(H,34,43)(H,40,41)(H3,30,31,44)/t21-,22-/m0/s1. The highest BCUT2D eigenvalue weighted by Crippen LogP contribution is 2.13. The van der Waals surface area contributed by atoms with Crippen molar-refractivity contribution in [2.45, 2.75) is 70.6 Å². The number of ether oxygens (including phenoxy) is 1. The van der Waals surface area contributed by atoms with E-state index in [0.717, 1.165) is 4.90 Å². The number of carboxylic acid groups (broad SMARTS) is 1. The maximum absolute atomic E-state index is 13.1. The summed E-state index contributed by atoms with van der Waals surface area (Å²) in [5, 5.41) is 19.2. The summed E-state index contributed by atoms with van der Waals surface area (Å²) in [4.78, 5) is 96.5. The fourth-order valence-corrected chi connectivity index (χ4v) is 4.19. The molecule has 7 amide bonds. The molecule has 0 bridgehead atoms. The molecule has 0 aromatic heterocycles. The molecule has 16 heteroatoms. The van der Waals surface area contributed by atoms with Gasteiger partial charge in [-0.05, 0) is 43.4 Å². The van der Waals surface area contributed by atoms with Gasteiger partial charge in [-0.15, -0.1) is 0 Å². The molecule has 2 rings (SSSR count). The predicted octanol–water partition coefficient (Wildman–Crippen LogP) is 0.0664. The van der Waals surface area contributed by atoms with Crippen LogP contribution in [0.5, 0.6) is 0 Å². The Morgan fingerprint density at radius 1 is 0.889 bits per heavy atom. The van der Waals surface area contributed by atoms with E-state index < -0.39 is 66.0 Å². The maximum Gasteiger partial charge on any atom is 0.312 e. The largest absolute Gasteiger partial charge is 0.481 e. The molecule has 0 unspecified atom stereocenters. The van der Waals surface area contributed by atoms with Gasteiger partial charge in [0, 0.05) is 44.3 Å². The average molecular weight is 631 g/mol. The summed E-state index contributed by atoms with van der Waals surface area (Å²) in [5.74, 6) is -4.73. The lowest BCUT2D eigenvalue weighted by molar-refractivity contribution is -0.142. The number of carbonyl (C=O) groups is 8. The topological polar surface area (TPSA) is 243 Å². The van der Waals surface area contributed by atoms with Gasteiger partial charge in [-0.3, -0.25) is 38.5 Å². The number of anilines is 1. The van der Waals surface area contributed by atoms with Gasteiger partial charge in [0.05, 0.1) is 6.42 Å². The number of carbonyl (C=O) groups excluding carboxylic acids is 7. The van der Waals surface area contributed by atoms with Crippen LogP contribution in [-0.2, 0) is 44.9 Å². The van der Waals surface area contributed by atoms with Crippen molar-refractivity contribution in [2.24, 2.45) is 5.73 Å². The van der Waals surface area contributed by atoms with Gasteiger partial charge in [-0.1, -0.05) is 18.6 Å². The lowest BCUT2D eigenvalue weighted by Gasteiger charge is -2.23. The first kappa shape index (κ1) is 35.9. The molecule has 16 nitrogen and oxygen atoms in total. The van der Waals surface area contributed by atoms with Crippen LogP contribution >= 0.6 is 0 Å². The van der Waals surface area contributed by atoms with Crippen molar-refractivity contribution in [1.29, 1.82) is 0 Å². The number of primary amides is 1. The molecule has 1 heterocycles. The number of nitrogens with zero attached hydrogens (tertiary/aromatic N) is 1. The van der Waals surface area contributed by atoms with Crippen LogP contribution in [-0.4, -0.2) is 82.7 Å². The Morgan fingerprint density at radius 3 is 2.16 bits per heavy atom. The molecule has 1 aromatic carbocycles. The number of unbranched alkanes of at least 4 members (excludes halogenated alkanes) is 2. The van der Waals surface area contributed by atoms with Gasteiger partial charge >= 0.3 is 18.0 Å². The van der Waals surface area contributed by atoms with Crippen molar-refractivity contribution in [3.8, 4) is 0 Å². The summed E-state index contributed by atoms with van der Waals surface area (Å²) < 4.78 is 4.93. The number of imide groups is 1. The minimum Gasteiger partial charge on any atom is -0.481 e. The van der Waals surface area contributed by atoms with Crippen molar-refractivity contribution in [1.82, 2.24) is 20.9 Å². The zero-order chi connectivity index (χ0) is 33.4. The van der Waals surface area contributed by atoms with E-state index in [1.54, 1.807) is 24.3 Å². The van der Waals surface area contributed by atoms with Crippen LogP contribution in [0.15, 0.2) is 36.4 Å². The smallest absolute Gasteiger partial charge is 0.312 e. The van der Waals surface area contributed by atoms with Crippen molar-refractivity contribution in [3.63, 3.8) is 0 Å². The first-order valence-electron chi connectivity index (χ1n) is 14.3. The van der Waals surface area contributed by atoms with Crippen LogP contribution < -0.4 is 27.0 Å². The minimum absolute atomic E-state index is 0.0354. The van der Waals surface area contributed by atoms with Gasteiger partial charge in [0.25, 0.3) is 11.8 Å². The van der Waals surface area contributed by atoms with Crippen LogP contribution in [0.1, 0.15) is 57.4 Å². The monoisotopic (exact) mass is 630 g/mol. The lowest BCUT2D eigenvalue weighted by atomic mass is 10.1. The molecule has 0 fully saturated rings. The first-order valence-corrected chi connectivity index (χ1v) is 14.3. The summed E-state index contributed by atoms with van der Waals surface area (Å²) >= 11 is 0. The van der Waals surface area contributed by atoms with Crippen LogP contribution in [0.4, 0.5) is 10.5 Å². The highest BCUT2D eigenvalue weighted by molar-refractivity contribution is 6.12. The number of hydrogen-bond donors (Lipinski definition) is 6. The van der Waals surface area contributed by atoms with E-state index in [-0.39, 0.29) is 39.0 Å². The summed E-state index contributed by atoms with van der Waals surface area (Å²) in [6.07, 6.45) is 3.15. The molecule has 0 saturated carbocycles. The molecular formula is C29H38N6O10. The number of hydrogen-bond acceptors (Lipinski definition) is 9. The number of amides is 7. The highest BCUT2D eigenvalue weighted by atomic mass is 16.5. The zero-order valence-electron chi connectivity index (χ0n) is 24.8. The molecule has 45 heavy (non-hydrogen) atoms. The van der Waals surface area contributed by atoms with E-state index >= 15 is 0 Å². The Labute approximate surface area is 259 Å². The lowest BCUT2D eigenvalue weighted by Crippen LogP contribution is -2.53. The number of urea groups is 1. The first-order chi connectivity index (χ1) is 21.3. The molecule has 0 spiro atoms. The Balaban J connectivity index is 1.97.